The maximum atomic E-state index is 7.50. The van der Waals surface area contributed by atoms with Crippen LogP contribution in [0.4, 0.5) is 0 Å². The Morgan fingerprint density at radius 1 is 0.609 bits per heavy atom. The zero-order valence-corrected chi connectivity index (χ0v) is 14.5. The first-order chi connectivity index (χ1) is 10.9. The molecule has 0 aliphatic heterocycles. The van der Waals surface area contributed by atoms with Crippen LogP contribution in [-0.2, 0) is 35.0 Å². The van der Waals surface area contributed by atoms with Crippen LogP contribution in [0.5, 0.6) is 0 Å². The van der Waals surface area contributed by atoms with Crippen LogP contribution in [0.1, 0.15) is 0 Å². The van der Waals surface area contributed by atoms with Crippen LogP contribution in [-0.4, -0.2) is 35.5 Å². The summed E-state index contributed by atoms with van der Waals surface area (Å²) >= 11 is 0. The fraction of sp³-hybridized carbons (Fsp3) is 0. The number of rotatable bonds is 3. The van der Waals surface area contributed by atoms with Gasteiger partial charge in [0.1, 0.15) is 0 Å². The average Bonchev–Trinajstić information content (AvgIpc) is 3.38. The summed E-state index contributed by atoms with van der Waals surface area (Å²) in [5.41, 5.74) is 0. The van der Waals surface area contributed by atoms with Crippen LogP contribution < -0.4 is 0 Å². The normalized spacial score (nSPS) is 7.96. The smallest absolute Gasteiger partial charge is 0.205 e. The number of nitrogens with zero attached hydrogens (tertiary/aromatic N) is 6. The molecule has 0 saturated heterocycles. The van der Waals surface area contributed by atoms with E-state index in [1.165, 1.54) is 0 Å². The van der Waals surface area contributed by atoms with Crippen LogP contribution in [0.3, 0.4) is 0 Å². The van der Waals surface area contributed by atoms with Crippen molar-refractivity contribution in [3.8, 4) is 0 Å². The molecule has 3 aromatic rings. The SMILES string of the molecule is [C-]#[O+].[C-]#[O+].[C-]#[O+].[W].c1cn([B-](n2ccnc2)n2ccnc2)cn1. The number of hydrogen-bond acceptors (Lipinski definition) is 3. The molecule has 115 valence electrons. The summed E-state index contributed by atoms with van der Waals surface area (Å²) in [6.45, 7) is 13.5. The maximum Gasteiger partial charge on any atom is 0.205 e. The second-order valence-electron chi connectivity index (χ2n) is 3.38. The molecule has 1 radical (unpaired) electrons. The van der Waals surface area contributed by atoms with Crippen molar-refractivity contribution in [1.29, 1.82) is 0 Å². The fourth-order valence-electron chi connectivity index (χ4n) is 1.68. The van der Waals surface area contributed by atoms with Gasteiger partial charge in [-0.3, -0.25) is 0 Å². The zero-order valence-electron chi connectivity index (χ0n) is 11.6. The zero-order chi connectivity index (χ0) is 16.8. The fourth-order valence-corrected chi connectivity index (χ4v) is 1.68. The summed E-state index contributed by atoms with van der Waals surface area (Å²) < 4.78 is 28.4. The quantitative estimate of drug-likeness (QED) is 0.301. The van der Waals surface area contributed by atoms with Crippen molar-refractivity contribution >= 4 is 7.12 Å². The molecular formula is C12H9BN6O3W-. The van der Waals surface area contributed by atoms with Gasteiger partial charge in [-0.1, -0.05) is 0 Å². The molecule has 0 N–H and O–H groups in total. The Balaban J connectivity index is 0. The Hall–Kier alpha value is -2.40. The van der Waals surface area contributed by atoms with E-state index in [2.05, 4.69) is 34.9 Å². The summed E-state index contributed by atoms with van der Waals surface area (Å²) in [6.07, 6.45) is 16.3. The molecule has 0 bridgehead atoms. The van der Waals surface area contributed by atoms with Gasteiger partial charge in [0.25, 0.3) is 0 Å². The third-order valence-corrected chi connectivity index (χ3v) is 2.37. The summed E-state index contributed by atoms with van der Waals surface area (Å²) in [4.78, 5) is 12.2. The minimum Gasteiger partial charge on any atom is -0.498 e. The van der Waals surface area contributed by atoms with Gasteiger partial charge in [0.2, 0.25) is 7.12 Å². The molecule has 0 amide bonds. The largest absolute Gasteiger partial charge is 0.498 e. The molecule has 0 unspecified atom stereocenters. The Kier molecular flexibility index (Phi) is 14.5. The van der Waals surface area contributed by atoms with E-state index in [0.717, 1.165) is 0 Å². The van der Waals surface area contributed by atoms with Crippen LogP contribution in [0.15, 0.2) is 56.2 Å². The van der Waals surface area contributed by atoms with Gasteiger partial charge in [0, 0.05) is 39.7 Å². The molecule has 3 aromatic heterocycles. The van der Waals surface area contributed by atoms with Gasteiger partial charge >= 0.3 is 33.9 Å². The van der Waals surface area contributed by atoms with Gasteiger partial charge in [-0.2, -0.15) is 0 Å². The van der Waals surface area contributed by atoms with E-state index in [1.807, 2.05) is 32.0 Å². The van der Waals surface area contributed by atoms with Crippen molar-refractivity contribution in [2.75, 3.05) is 0 Å². The van der Waals surface area contributed by atoms with Gasteiger partial charge in [-0.15, -0.1) is 0 Å². The molecule has 9 nitrogen and oxygen atoms in total. The number of imidazole rings is 3. The van der Waals surface area contributed by atoms with Crippen molar-refractivity contribution < 1.29 is 35.0 Å². The molecule has 3 heterocycles. The van der Waals surface area contributed by atoms with Gasteiger partial charge in [0.05, 0.1) is 19.0 Å². The van der Waals surface area contributed by atoms with Gasteiger partial charge in [-0.25, -0.2) is 15.0 Å². The molecule has 3 rings (SSSR count). The number of hydrogen-bond donors (Lipinski definition) is 0. The Bertz CT molecular complexity index is 568. The van der Waals surface area contributed by atoms with Crippen LogP contribution >= 0.6 is 0 Å². The second-order valence-corrected chi connectivity index (χ2v) is 3.38. The Labute approximate surface area is 146 Å². The van der Waals surface area contributed by atoms with Crippen LogP contribution in [0.25, 0.3) is 0 Å². The maximum absolute atomic E-state index is 7.50. The third-order valence-electron chi connectivity index (χ3n) is 2.37. The van der Waals surface area contributed by atoms with E-state index in [1.54, 1.807) is 37.6 Å². The molecule has 0 fully saturated rings. The molecule has 23 heavy (non-hydrogen) atoms. The molecular weight excluding hydrogens is 471 g/mol. The van der Waals surface area contributed by atoms with E-state index in [-0.39, 0.29) is 28.2 Å². The van der Waals surface area contributed by atoms with Crippen molar-refractivity contribution in [3.05, 3.63) is 76.1 Å². The Morgan fingerprint density at radius 2 is 0.870 bits per heavy atom. The Morgan fingerprint density at radius 3 is 1.04 bits per heavy atom. The monoisotopic (exact) mass is 480 g/mol. The van der Waals surface area contributed by atoms with Gasteiger partial charge in [0.15, 0.2) is 0 Å². The van der Waals surface area contributed by atoms with E-state index in [4.69, 9.17) is 14.0 Å². The predicted octanol–water partition coefficient (Wildman–Crippen LogP) is 0.0907. The minimum absolute atomic E-state index is 0. The first-order valence-corrected chi connectivity index (χ1v) is 5.49. The summed E-state index contributed by atoms with van der Waals surface area (Å²) in [7, 11) is -0.0486. The second kappa shape index (κ2) is 14.5. The molecule has 0 aliphatic carbocycles. The topological polar surface area (TPSA) is 113 Å². The van der Waals surface area contributed by atoms with E-state index >= 15 is 0 Å². The van der Waals surface area contributed by atoms with Crippen LogP contribution in [0, 0.1) is 20.0 Å². The van der Waals surface area contributed by atoms with Gasteiger partial charge in [-0.05, 0) is 18.6 Å². The minimum atomic E-state index is -0.0486. The standard InChI is InChI=1S/C9H9BN6.3CO.W/c1-4-14(7-11-1)10(15-5-2-12-8-15)16-6-3-13-9-16;3*1-2;/h1-9H;;;;/q-1;;;;. The summed E-state index contributed by atoms with van der Waals surface area (Å²) in [5, 5.41) is 0. The van der Waals surface area contributed by atoms with E-state index in [0.29, 0.717) is 0 Å². The van der Waals surface area contributed by atoms with E-state index < -0.39 is 0 Å². The van der Waals surface area contributed by atoms with Crippen molar-refractivity contribution in [2.45, 2.75) is 0 Å². The summed E-state index contributed by atoms with van der Waals surface area (Å²) in [6, 6.07) is 0. The van der Waals surface area contributed by atoms with Crippen molar-refractivity contribution in [1.82, 2.24) is 28.4 Å². The number of aromatic nitrogens is 6. The third kappa shape index (κ3) is 6.49. The van der Waals surface area contributed by atoms with E-state index in [9.17, 15) is 0 Å². The first-order valence-electron chi connectivity index (χ1n) is 5.49. The van der Waals surface area contributed by atoms with Gasteiger partial charge < -0.3 is 13.4 Å². The van der Waals surface area contributed by atoms with Crippen LogP contribution in [0.2, 0.25) is 0 Å². The molecule has 0 atom stereocenters. The molecule has 0 aliphatic rings. The van der Waals surface area contributed by atoms with Crippen molar-refractivity contribution in [3.63, 3.8) is 0 Å². The molecule has 11 heteroatoms. The average molecular weight is 480 g/mol. The molecule has 0 saturated carbocycles. The predicted molar refractivity (Wildman–Crippen MR) is 70.4 cm³/mol. The summed E-state index contributed by atoms with van der Waals surface area (Å²) in [5.74, 6) is 0. The molecule has 0 spiro atoms. The first kappa shape index (κ1) is 22.9. The van der Waals surface area contributed by atoms with Crippen molar-refractivity contribution in [2.24, 2.45) is 0 Å². The molecule has 0 aromatic carbocycles.